The highest BCUT2D eigenvalue weighted by Crippen LogP contribution is 2.20. The van der Waals surface area contributed by atoms with Gasteiger partial charge in [-0.2, -0.15) is 0 Å². The molecule has 1 rings (SSSR count). The fourth-order valence-electron chi connectivity index (χ4n) is 1.68. The Kier molecular flexibility index (Phi) is 6.79. The number of hydrogen-bond acceptors (Lipinski definition) is 7. The summed E-state index contributed by atoms with van der Waals surface area (Å²) in [5.74, 6) is -1.93. The number of ether oxygens (including phenoxy) is 3. The van der Waals surface area contributed by atoms with E-state index < -0.39 is 17.9 Å². The van der Waals surface area contributed by atoms with E-state index in [4.69, 9.17) is 4.74 Å². The van der Waals surface area contributed by atoms with Gasteiger partial charge in [-0.15, -0.1) is 0 Å². The molecule has 0 aromatic heterocycles. The van der Waals surface area contributed by atoms with Gasteiger partial charge >= 0.3 is 17.9 Å². The summed E-state index contributed by atoms with van der Waals surface area (Å²) in [7, 11) is 2.39. The van der Waals surface area contributed by atoms with Crippen molar-refractivity contribution in [2.24, 2.45) is 0 Å². The van der Waals surface area contributed by atoms with Gasteiger partial charge in [0.15, 0.2) is 0 Å². The summed E-state index contributed by atoms with van der Waals surface area (Å²) >= 11 is 0. The van der Waals surface area contributed by atoms with Crippen molar-refractivity contribution in [2.45, 2.75) is 13.8 Å². The zero-order valence-electron chi connectivity index (χ0n) is 13.5. The molecule has 0 saturated carbocycles. The molecule has 0 aliphatic carbocycles. The van der Waals surface area contributed by atoms with Crippen molar-refractivity contribution in [3.05, 3.63) is 41.1 Å². The third-order valence-corrected chi connectivity index (χ3v) is 2.89. The van der Waals surface area contributed by atoms with Gasteiger partial charge in [-0.3, -0.25) is 0 Å². The summed E-state index contributed by atoms with van der Waals surface area (Å²) in [6.07, 6.45) is 0.975. The van der Waals surface area contributed by atoms with Crippen LogP contribution in [0.1, 0.15) is 22.8 Å². The van der Waals surface area contributed by atoms with Gasteiger partial charge in [0, 0.05) is 5.69 Å². The molecule has 124 valence electrons. The molecule has 0 spiro atoms. The van der Waals surface area contributed by atoms with Crippen molar-refractivity contribution in [2.75, 3.05) is 26.1 Å². The molecule has 7 heteroatoms. The number of methoxy groups -OCH3 is 2. The molecule has 7 nitrogen and oxygen atoms in total. The molecule has 0 aliphatic rings. The monoisotopic (exact) mass is 321 g/mol. The Balaban J connectivity index is 3.15. The smallest absolute Gasteiger partial charge is 0.354 e. The zero-order valence-corrected chi connectivity index (χ0v) is 13.5. The average Bonchev–Trinajstić information content (AvgIpc) is 2.55. The second-order valence-corrected chi connectivity index (χ2v) is 4.45. The van der Waals surface area contributed by atoms with Crippen LogP contribution in [0.3, 0.4) is 0 Å². The average molecular weight is 321 g/mol. The number of aryl methyl sites for hydroxylation is 1. The van der Waals surface area contributed by atoms with Crippen LogP contribution in [0.4, 0.5) is 5.69 Å². The lowest BCUT2D eigenvalue weighted by Gasteiger charge is -2.13. The van der Waals surface area contributed by atoms with E-state index in [2.05, 4.69) is 14.8 Å². The zero-order chi connectivity index (χ0) is 17.4. The maximum Gasteiger partial charge on any atom is 0.354 e. The van der Waals surface area contributed by atoms with Crippen molar-refractivity contribution in [3.63, 3.8) is 0 Å². The summed E-state index contributed by atoms with van der Waals surface area (Å²) in [5, 5.41) is 2.78. The van der Waals surface area contributed by atoms with E-state index in [0.717, 1.165) is 11.6 Å². The lowest BCUT2D eigenvalue weighted by Crippen LogP contribution is -2.16. The van der Waals surface area contributed by atoms with E-state index in [0.29, 0.717) is 11.3 Å². The summed E-state index contributed by atoms with van der Waals surface area (Å²) in [6, 6.07) is 4.84. The van der Waals surface area contributed by atoms with Crippen molar-refractivity contribution in [1.82, 2.24) is 0 Å². The van der Waals surface area contributed by atoms with Crippen molar-refractivity contribution >= 4 is 23.6 Å². The Hall–Kier alpha value is -2.83. The van der Waals surface area contributed by atoms with E-state index >= 15 is 0 Å². The highest BCUT2D eigenvalue weighted by atomic mass is 16.5. The van der Waals surface area contributed by atoms with Crippen LogP contribution in [0.25, 0.3) is 0 Å². The summed E-state index contributed by atoms with van der Waals surface area (Å²) < 4.78 is 14.0. The van der Waals surface area contributed by atoms with Crippen molar-refractivity contribution < 1.29 is 28.6 Å². The maximum absolute atomic E-state index is 11.8. The van der Waals surface area contributed by atoms with Gasteiger partial charge in [-0.05, 0) is 31.5 Å². The van der Waals surface area contributed by atoms with Crippen molar-refractivity contribution in [3.8, 4) is 0 Å². The number of hydrogen-bond donors (Lipinski definition) is 1. The van der Waals surface area contributed by atoms with Crippen molar-refractivity contribution in [1.29, 1.82) is 0 Å². The molecule has 0 saturated heterocycles. The van der Waals surface area contributed by atoms with Crippen LogP contribution < -0.4 is 5.32 Å². The molecule has 0 unspecified atom stereocenters. The van der Waals surface area contributed by atoms with Gasteiger partial charge in [0.1, 0.15) is 5.70 Å². The molecule has 0 heterocycles. The van der Waals surface area contributed by atoms with Crippen LogP contribution in [0.5, 0.6) is 0 Å². The Labute approximate surface area is 134 Å². The third kappa shape index (κ3) is 5.14. The molecule has 0 fully saturated rings. The lowest BCUT2D eigenvalue weighted by atomic mass is 10.1. The van der Waals surface area contributed by atoms with Crippen LogP contribution >= 0.6 is 0 Å². The quantitative estimate of drug-likeness (QED) is 0.485. The number of benzene rings is 1. The molecule has 0 atom stereocenters. The fraction of sp³-hybridized carbons (Fsp3) is 0.312. The summed E-state index contributed by atoms with van der Waals surface area (Å²) in [5.41, 5.74) is 1.44. The van der Waals surface area contributed by atoms with E-state index in [-0.39, 0.29) is 12.3 Å². The third-order valence-electron chi connectivity index (χ3n) is 2.89. The number of carbonyl (C=O) groups excluding carboxylic acids is 3. The molecule has 1 aromatic carbocycles. The molecule has 0 bridgehead atoms. The lowest BCUT2D eigenvalue weighted by molar-refractivity contribution is -0.138. The summed E-state index contributed by atoms with van der Waals surface area (Å²) in [6.45, 7) is 3.75. The first-order valence-electron chi connectivity index (χ1n) is 6.85. The predicted octanol–water partition coefficient (Wildman–Crippen LogP) is 1.81. The first-order chi connectivity index (χ1) is 10.9. The van der Waals surface area contributed by atoms with Crippen LogP contribution in [0, 0.1) is 6.92 Å². The predicted molar refractivity (Wildman–Crippen MR) is 82.9 cm³/mol. The first-order valence-corrected chi connectivity index (χ1v) is 6.85. The van der Waals surface area contributed by atoms with Crippen LogP contribution in [-0.4, -0.2) is 38.7 Å². The first kappa shape index (κ1) is 18.2. The molecular formula is C16H19NO6. The largest absolute Gasteiger partial charge is 0.466 e. The van der Waals surface area contributed by atoms with Gasteiger partial charge < -0.3 is 19.5 Å². The maximum atomic E-state index is 11.8. The Bertz CT molecular complexity index is 635. The Morgan fingerprint density at radius 1 is 1.17 bits per heavy atom. The highest BCUT2D eigenvalue weighted by Gasteiger charge is 2.15. The van der Waals surface area contributed by atoms with Crippen LogP contribution in [-0.2, 0) is 23.8 Å². The number of esters is 3. The molecule has 1 N–H and O–H groups in total. The second kappa shape index (κ2) is 8.57. The van der Waals surface area contributed by atoms with Crippen LogP contribution in [0.2, 0.25) is 0 Å². The number of nitrogens with one attached hydrogen (secondary N) is 1. The summed E-state index contributed by atoms with van der Waals surface area (Å²) in [4.78, 5) is 34.9. The van der Waals surface area contributed by atoms with E-state index in [9.17, 15) is 14.4 Å². The second-order valence-electron chi connectivity index (χ2n) is 4.45. The number of rotatable bonds is 6. The Morgan fingerprint density at radius 3 is 2.43 bits per heavy atom. The Morgan fingerprint density at radius 2 is 1.87 bits per heavy atom. The molecule has 23 heavy (non-hydrogen) atoms. The van der Waals surface area contributed by atoms with Gasteiger partial charge in [-0.25, -0.2) is 14.4 Å². The van der Waals surface area contributed by atoms with Gasteiger partial charge in [0.25, 0.3) is 0 Å². The van der Waals surface area contributed by atoms with Crippen LogP contribution in [0.15, 0.2) is 30.0 Å². The highest BCUT2D eigenvalue weighted by molar-refractivity contribution is 5.99. The topological polar surface area (TPSA) is 90.9 Å². The molecule has 0 radical (unpaired) electrons. The van der Waals surface area contributed by atoms with Gasteiger partial charge in [0.05, 0.1) is 32.5 Å². The molecule has 1 aromatic rings. The SMILES string of the molecule is CCOC(=O)c1ccc(C)c(N/C(=C/C(=O)OC)C(=O)OC)c1. The van der Waals surface area contributed by atoms with E-state index in [1.807, 2.05) is 0 Å². The van der Waals surface area contributed by atoms with Gasteiger partial charge in [-0.1, -0.05) is 6.07 Å². The molecule has 0 amide bonds. The number of carbonyl (C=O) groups is 3. The molecular weight excluding hydrogens is 302 g/mol. The minimum atomic E-state index is -0.740. The fourth-order valence-corrected chi connectivity index (χ4v) is 1.68. The van der Waals surface area contributed by atoms with E-state index in [1.54, 1.807) is 26.0 Å². The standard InChI is InChI=1S/C16H19NO6/c1-5-23-15(19)11-7-6-10(2)12(8-11)17-13(16(20)22-4)9-14(18)21-3/h6-9,17H,5H2,1-4H3/b13-9+. The minimum Gasteiger partial charge on any atom is -0.466 e. The van der Waals surface area contributed by atoms with E-state index in [1.165, 1.54) is 20.3 Å². The minimum absolute atomic E-state index is 0.108. The number of anilines is 1. The molecule has 0 aliphatic heterocycles. The van der Waals surface area contributed by atoms with Gasteiger partial charge in [0.2, 0.25) is 0 Å². The normalized spacial score (nSPS) is 10.7.